The number of alkyl carbamates (subject to hydrolysis) is 1. The summed E-state index contributed by atoms with van der Waals surface area (Å²) in [5.74, 6) is -0.204. The third kappa shape index (κ3) is 4.99. The Morgan fingerprint density at radius 1 is 1.30 bits per heavy atom. The molecule has 2 aliphatic carbocycles. The average Bonchev–Trinajstić information content (AvgIpc) is 3.09. The lowest BCUT2D eigenvalue weighted by Crippen LogP contribution is -2.61. The number of hydrogen-bond donors (Lipinski definition) is 2. The molecule has 1 aromatic heterocycles. The van der Waals surface area contributed by atoms with Gasteiger partial charge in [0.15, 0.2) is 0 Å². The van der Waals surface area contributed by atoms with Gasteiger partial charge in [-0.2, -0.15) is 0 Å². The number of nitrogens with one attached hydrogen (secondary N) is 1. The van der Waals surface area contributed by atoms with Crippen LogP contribution in [0, 0.1) is 29.5 Å². The molecule has 2 aromatic rings. The molecule has 2 heterocycles. The number of nitrogens with zero attached hydrogens (tertiary/aromatic N) is 1. The molecule has 5 rings (SSSR count). The van der Waals surface area contributed by atoms with Crippen molar-refractivity contribution in [2.75, 3.05) is 6.61 Å². The third-order valence-electron chi connectivity index (χ3n) is 8.35. The van der Waals surface area contributed by atoms with Crippen molar-refractivity contribution in [1.29, 1.82) is 0 Å². The molecule has 1 aliphatic heterocycles. The van der Waals surface area contributed by atoms with Gasteiger partial charge in [-0.3, -0.25) is 9.78 Å². The maximum absolute atomic E-state index is 13.6. The van der Waals surface area contributed by atoms with Crippen LogP contribution in [0.2, 0.25) is 0 Å². The molecule has 3 N–H and O–H groups in total. The fraction of sp³-hybridized carbons (Fsp3) is 0.483. The predicted molar refractivity (Wildman–Crippen MR) is 138 cm³/mol. The molecule has 0 radical (unpaired) electrons. The van der Waals surface area contributed by atoms with Gasteiger partial charge >= 0.3 is 12.1 Å². The highest BCUT2D eigenvalue weighted by molar-refractivity contribution is 5.84. The Morgan fingerprint density at radius 3 is 2.86 bits per heavy atom. The zero-order chi connectivity index (χ0) is 26.2. The first-order valence-corrected chi connectivity index (χ1v) is 13.1. The Hall–Kier alpha value is -3.26. The first-order chi connectivity index (χ1) is 17.8. The highest BCUT2D eigenvalue weighted by Gasteiger charge is 2.62. The number of nitrogens with two attached hydrogens (primary N) is 1. The Balaban J connectivity index is 1.37. The number of ether oxygens (including phenoxy) is 2. The first kappa shape index (κ1) is 25.4. The van der Waals surface area contributed by atoms with Crippen LogP contribution in [0.3, 0.4) is 0 Å². The number of allylic oxidation sites excluding steroid dienone is 1. The number of carbonyl (C=O) groups excluding carboxylic acids is 2. The van der Waals surface area contributed by atoms with Crippen molar-refractivity contribution in [3.05, 3.63) is 60.2 Å². The Bertz CT molecular complexity index is 1190. The molecule has 3 aliphatic rings. The van der Waals surface area contributed by atoms with Crippen molar-refractivity contribution in [2.24, 2.45) is 29.4 Å². The van der Waals surface area contributed by atoms with E-state index in [1.165, 1.54) is 12.1 Å². The molecular weight excluding hydrogens is 473 g/mol. The summed E-state index contributed by atoms with van der Waals surface area (Å²) >= 11 is 0. The summed E-state index contributed by atoms with van der Waals surface area (Å²) < 4.78 is 24.3. The van der Waals surface area contributed by atoms with Crippen molar-refractivity contribution in [3.63, 3.8) is 0 Å². The van der Waals surface area contributed by atoms with Crippen molar-refractivity contribution < 1.29 is 23.5 Å². The molecule has 1 saturated heterocycles. The minimum absolute atomic E-state index is 0.00281. The average molecular weight is 508 g/mol. The molecule has 1 amide bonds. The minimum atomic E-state index is -1.05. The lowest BCUT2D eigenvalue weighted by molar-refractivity contribution is -0.145. The number of amides is 1. The van der Waals surface area contributed by atoms with E-state index in [1.54, 1.807) is 19.2 Å². The standard InChI is InChI=1S/C29H34FN3O4/c1-3-36-28(35)33-23-10-11-24-20(14-23)15-29(31)26(17(2)37-27(29)34)25(24)12-9-22-8-7-19(16-32-22)18-5-4-6-21(30)13-18/h4-9,12-13,16-17,20,23-26H,3,10-11,14-15,31H2,1-2H3,(H,33,35)/b12-9+/t17-,20+,23?,24-,25+,26+,29+/m1/s1. The SMILES string of the molecule is CCOC(=O)NC1CC[C@@H]2[C@@H](C1)C[C@@]1(N)C(=O)O[C@H](C)[C@H]1[C@H]2/C=C/c1ccc(-c2cccc(F)c2)cn1. The summed E-state index contributed by atoms with van der Waals surface area (Å²) in [6.07, 6.45) is 8.26. The van der Waals surface area contributed by atoms with Crippen LogP contribution in [0.5, 0.6) is 0 Å². The van der Waals surface area contributed by atoms with Gasteiger partial charge in [0, 0.05) is 23.7 Å². The number of carbonyl (C=O) groups is 2. The molecule has 196 valence electrons. The van der Waals surface area contributed by atoms with Crippen molar-refractivity contribution in [3.8, 4) is 11.1 Å². The zero-order valence-electron chi connectivity index (χ0n) is 21.2. The summed E-state index contributed by atoms with van der Waals surface area (Å²) in [5.41, 5.74) is 8.13. The van der Waals surface area contributed by atoms with E-state index in [4.69, 9.17) is 15.2 Å². The summed E-state index contributed by atoms with van der Waals surface area (Å²) in [4.78, 5) is 29.4. The van der Waals surface area contributed by atoms with Gasteiger partial charge in [-0.15, -0.1) is 0 Å². The number of halogens is 1. The predicted octanol–water partition coefficient (Wildman–Crippen LogP) is 4.71. The molecule has 1 aromatic carbocycles. The smallest absolute Gasteiger partial charge is 0.407 e. The van der Waals surface area contributed by atoms with E-state index in [0.29, 0.717) is 18.9 Å². The number of rotatable bonds is 5. The lowest BCUT2D eigenvalue weighted by atomic mass is 9.54. The number of fused-ring (bicyclic) bond motifs is 2. The van der Waals surface area contributed by atoms with Crippen LogP contribution in [0.25, 0.3) is 17.2 Å². The molecular formula is C29H34FN3O4. The monoisotopic (exact) mass is 507 g/mol. The number of benzene rings is 1. The highest BCUT2D eigenvalue weighted by atomic mass is 19.1. The molecule has 2 saturated carbocycles. The maximum Gasteiger partial charge on any atom is 0.407 e. The fourth-order valence-electron chi connectivity index (χ4n) is 6.80. The van der Waals surface area contributed by atoms with E-state index in [9.17, 15) is 14.0 Å². The number of esters is 1. The highest BCUT2D eigenvalue weighted by Crippen LogP contribution is 2.54. The Morgan fingerprint density at radius 2 is 2.14 bits per heavy atom. The molecule has 37 heavy (non-hydrogen) atoms. The van der Waals surface area contributed by atoms with Gasteiger partial charge in [0.1, 0.15) is 17.5 Å². The van der Waals surface area contributed by atoms with Crippen LogP contribution in [0.1, 0.15) is 45.2 Å². The molecule has 7 atom stereocenters. The van der Waals surface area contributed by atoms with E-state index >= 15 is 0 Å². The molecule has 1 unspecified atom stereocenters. The van der Waals surface area contributed by atoms with E-state index in [1.807, 2.05) is 31.2 Å². The van der Waals surface area contributed by atoms with E-state index in [-0.39, 0.29) is 41.7 Å². The molecule has 0 bridgehead atoms. The zero-order valence-corrected chi connectivity index (χ0v) is 21.2. The second-order valence-electron chi connectivity index (χ2n) is 10.6. The molecule has 7 nitrogen and oxygen atoms in total. The van der Waals surface area contributed by atoms with Gasteiger partial charge in [-0.05, 0) is 87.1 Å². The van der Waals surface area contributed by atoms with Gasteiger partial charge < -0.3 is 20.5 Å². The molecule has 8 heteroatoms. The van der Waals surface area contributed by atoms with E-state index in [0.717, 1.165) is 36.1 Å². The van der Waals surface area contributed by atoms with Crippen LogP contribution >= 0.6 is 0 Å². The van der Waals surface area contributed by atoms with Gasteiger partial charge in [0.25, 0.3) is 0 Å². The lowest BCUT2D eigenvalue weighted by Gasteiger charge is -2.50. The largest absolute Gasteiger partial charge is 0.461 e. The van der Waals surface area contributed by atoms with Gasteiger partial charge in [0.05, 0.1) is 12.3 Å². The van der Waals surface area contributed by atoms with Gasteiger partial charge in [-0.1, -0.05) is 24.3 Å². The van der Waals surface area contributed by atoms with Crippen LogP contribution < -0.4 is 11.1 Å². The van der Waals surface area contributed by atoms with Crippen LogP contribution in [0.4, 0.5) is 9.18 Å². The van der Waals surface area contributed by atoms with E-state index < -0.39 is 11.6 Å². The summed E-state index contributed by atoms with van der Waals surface area (Å²) in [5, 5.41) is 2.97. The second-order valence-corrected chi connectivity index (χ2v) is 10.6. The van der Waals surface area contributed by atoms with E-state index in [2.05, 4.69) is 16.4 Å². The summed E-state index contributed by atoms with van der Waals surface area (Å²) in [7, 11) is 0. The van der Waals surface area contributed by atoms with Gasteiger partial charge in [0.2, 0.25) is 0 Å². The number of hydrogen-bond acceptors (Lipinski definition) is 6. The number of aromatic nitrogens is 1. The topological polar surface area (TPSA) is 104 Å². The van der Waals surface area contributed by atoms with Crippen molar-refractivity contribution in [2.45, 2.75) is 57.2 Å². The van der Waals surface area contributed by atoms with Crippen molar-refractivity contribution >= 4 is 18.1 Å². The third-order valence-corrected chi connectivity index (χ3v) is 8.35. The Labute approximate surface area is 216 Å². The van der Waals surface area contributed by atoms with Crippen LogP contribution in [-0.4, -0.2) is 41.3 Å². The van der Waals surface area contributed by atoms with Gasteiger partial charge in [-0.25, -0.2) is 9.18 Å². The minimum Gasteiger partial charge on any atom is -0.461 e. The van der Waals surface area contributed by atoms with Crippen LogP contribution in [-0.2, 0) is 14.3 Å². The second kappa shape index (κ2) is 10.2. The van der Waals surface area contributed by atoms with Crippen LogP contribution in [0.15, 0.2) is 48.7 Å². The number of cyclic esters (lactones) is 1. The normalized spacial score (nSPS) is 32.9. The molecule has 3 fully saturated rings. The number of pyridine rings is 1. The summed E-state index contributed by atoms with van der Waals surface area (Å²) in [6, 6.07) is 10.3. The Kier molecular flexibility index (Phi) is 7.03. The fourth-order valence-corrected chi connectivity index (χ4v) is 6.80. The quantitative estimate of drug-likeness (QED) is 0.568. The molecule has 0 spiro atoms. The van der Waals surface area contributed by atoms with Crippen molar-refractivity contribution in [1.82, 2.24) is 10.3 Å². The maximum atomic E-state index is 13.6. The summed E-state index contributed by atoms with van der Waals surface area (Å²) in [6.45, 7) is 4.04. The first-order valence-electron chi connectivity index (χ1n) is 13.1.